The molecule has 0 saturated carbocycles. The van der Waals surface area contributed by atoms with E-state index >= 15 is 0 Å². The van der Waals surface area contributed by atoms with Gasteiger partial charge in [-0.1, -0.05) is 15.9 Å². The van der Waals surface area contributed by atoms with Gasteiger partial charge in [-0.05, 0) is 64.3 Å². The van der Waals surface area contributed by atoms with E-state index in [1.54, 1.807) is 14.2 Å². The topological polar surface area (TPSA) is 47.6 Å². The first-order valence-corrected chi connectivity index (χ1v) is 8.58. The van der Waals surface area contributed by atoms with Crippen molar-refractivity contribution in [3.05, 3.63) is 50.9 Å². The first-order valence-electron chi connectivity index (χ1n) is 6.99. The molecule has 1 amide bonds. The fourth-order valence-electron chi connectivity index (χ4n) is 2.13. The smallest absolute Gasteiger partial charge is 0.224 e. The summed E-state index contributed by atoms with van der Waals surface area (Å²) in [5, 5.41) is 2.90. The molecule has 1 N–H and O–H groups in total. The van der Waals surface area contributed by atoms with Crippen LogP contribution in [0.3, 0.4) is 0 Å². The first-order chi connectivity index (χ1) is 11.0. The van der Waals surface area contributed by atoms with Crippen LogP contribution in [0.15, 0.2) is 45.3 Å². The third-order valence-corrected chi connectivity index (χ3v) is 4.46. The minimum absolute atomic E-state index is 0.0575. The molecular weight excluding hydrogens is 426 g/mol. The number of hydrogen-bond donors (Lipinski definition) is 1. The molecule has 0 radical (unpaired) electrons. The number of carbonyl (C=O) groups excluding carboxylic acids is 1. The maximum Gasteiger partial charge on any atom is 0.224 e. The zero-order chi connectivity index (χ0) is 16.8. The van der Waals surface area contributed by atoms with Crippen LogP contribution in [0.5, 0.6) is 11.5 Å². The van der Waals surface area contributed by atoms with Gasteiger partial charge in [0.1, 0.15) is 11.5 Å². The summed E-state index contributed by atoms with van der Waals surface area (Å²) < 4.78 is 12.3. The lowest BCUT2D eigenvalue weighted by molar-refractivity contribution is -0.116. The number of aryl methyl sites for hydroxylation is 1. The summed E-state index contributed by atoms with van der Waals surface area (Å²) in [5.74, 6) is 1.44. The van der Waals surface area contributed by atoms with Crippen molar-refractivity contribution in [2.24, 2.45) is 0 Å². The van der Waals surface area contributed by atoms with Crippen LogP contribution in [-0.4, -0.2) is 20.1 Å². The van der Waals surface area contributed by atoms with Gasteiger partial charge < -0.3 is 14.8 Å². The number of hydrogen-bond acceptors (Lipinski definition) is 3. The Balaban J connectivity index is 2.01. The maximum absolute atomic E-state index is 12.2. The summed E-state index contributed by atoms with van der Waals surface area (Å²) in [6.07, 6.45) is 0.923. The molecule has 0 spiro atoms. The number of carbonyl (C=O) groups is 1. The Morgan fingerprint density at radius 3 is 2.52 bits per heavy atom. The number of amides is 1. The Labute approximate surface area is 152 Å². The quantitative estimate of drug-likeness (QED) is 0.698. The van der Waals surface area contributed by atoms with Crippen molar-refractivity contribution < 1.29 is 14.3 Å². The summed E-state index contributed by atoms with van der Waals surface area (Å²) >= 11 is 6.82. The second-order valence-electron chi connectivity index (χ2n) is 4.85. The summed E-state index contributed by atoms with van der Waals surface area (Å²) in [4.78, 5) is 12.2. The molecule has 23 heavy (non-hydrogen) atoms. The zero-order valence-corrected chi connectivity index (χ0v) is 16.0. The molecule has 0 bridgehead atoms. The van der Waals surface area contributed by atoms with E-state index in [2.05, 4.69) is 37.2 Å². The van der Waals surface area contributed by atoms with E-state index in [0.717, 1.165) is 31.7 Å². The lowest BCUT2D eigenvalue weighted by Gasteiger charge is -2.11. The van der Waals surface area contributed by atoms with E-state index in [4.69, 9.17) is 9.47 Å². The van der Waals surface area contributed by atoms with Crippen LogP contribution in [0.4, 0.5) is 5.69 Å². The number of ether oxygens (including phenoxy) is 2. The largest absolute Gasteiger partial charge is 0.497 e. The Bertz CT molecular complexity index is 704. The highest BCUT2D eigenvalue weighted by atomic mass is 79.9. The minimum Gasteiger partial charge on any atom is -0.497 e. The van der Waals surface area contributed by atoms with Crippen LogP contribution >= 0.6 is 31.9 Å². The monoisotopic (exact) mass is 441 g/mol. The molecule has 0 aliphatic heterocycles. The van der Waals surface area contributed by atoms with E-state index < -0.39 is 0 Å². The lowest BCUT2D eigenvalue weighted by atomic mass is 10.1. The summed E-state index contributed by atoms with van der Waals surface area (Å²) in [7, 11) is 3.23. The van der Waals surface area contributed by atoms with Crippen molar-refractivity contribution in [2.45, 2.75) is 12.8 Å². The van der Waals surface area contributed by atoms with Crippen molar-refractivity contribution in [1.82, 2.24) is 0 Å². The van der Waals surface area contributed by atoms with E-state index in [1.165, 1.54) is 0 Å². The van der Waals surface area contributed by atoms with Crippen molar-refractivity contribution in [3.63, 3.8) is 0 Å². The molecule has 0 aliphatic rings. The van der Waals surface area contributed by atoms with E-state index in [9.17, 15) is 4.79 Å². The molecule has 4 nitrogen and oxygen atoms in total. The summed E-state index contributed by atoms with van der Waals surface area (Å²) in [6.45, 7) is 0. The number of methoxy groups -OCH3 is 2. The van der Waals surface area contributed by atoms with Gasteiger partial charge in [0.15, 0.2) is 0 Å². The van der Waals surface area contributed by atoms with Gasteiger partial charge in [-0.15, -0.1) is 0 Å². The molecule has 6 heteroatoms. The van der Waals surface area contributed by atoms with E-state index in [-0.39, 0.29) is 5.91 Å². The van der Waals surface area contributed by atoms with E-state index in [0.29, 0.717) is 12.8 Å². The fourth-order valence-corrected chi connectivity index (χ4v) is 3.28. The fraction of sp³-hybridized carbons (Fsp3) is 0.235. The van der Waals surface area contributed by atoms with Crippen LogP contribution in [0.2, 0.25) is 0 Å². The second-order valence-corrected chi connectivity index (χ2v) is 6.62. The number of nitrogens with one attached hydrogen (secondary N) is 1. The van der Waals surface area contributed by atoms with Crippen LogP contribution in [0.1, 0.15) is 12.0 Å². The molecule has 2 rings (SSSR count). The molecule has 0 saturated heterocycles. The molecular formula is C17H17Br2NO3. The molecule has 0 heterocycles. The number of halogens is 2. The van der Waals surface area contributed by atoms with Crippen LogP contribution in [0, 0.1) is 0 Å². The van der Waals surface area contributed by atoms with Gasteiger partial charge >= 0.3 is 0 Å². The predicted octanol–water partition coefficient (Wildman–Crippen LogP) is 4.80. The average Bonchev–Trinajstić information content (AvgIpc) is 2.55. The third-order valence-electron chi connectivity index (χ3n) is 3.31. The molecule has 2 aromatic carbocycles. The van der Waals surface area contributed by atoms with Crippen molar-refractivity contribution >= 4 is 43.5 Å². The van der Waals surface area contributed by atoms with Gasteiger partial charge in [0.25, 0.3) is 0 Å². The standard InChI is InChI=1S/C17H17Br2NO3/c1-22-13-5-7-16(23-2)11(9-13)3-8-17(21)20-15-6-4-12(18)10-14(15)19/h4-7,9-10H,3,8H2,1-2H3,(H,20,21). The Morgan fingerprint density at radius 2 is 1.87 bits per heavy atom. The molecule has 0 fully saturated rings. The van der Waals surface area contributed by atoms with Gasteiger partial charge in [0.05, 0.1) is 19.9 Å². The predicted molar refractivity (Wildman–Crippen MR) is 98.3 cm³/mol. The van der Waals surface area contributed by atoms with Crippen LogP contribution in [-0.2, 0) is 11.2 Å². The Kier molecular flexibility index (Phi) is 6.47. The average molecular weight is 443 g/mol. The van der Waals surface area contributed by atoms with Gasteiger partial charge in [0.2, 0.25) is 5.91 Å². The highest BCUT2D eigenvalue weighted by Gasteiger charge is 2.10. The molecule has 0 atom stereocenters. The minimum atomic E-state index is -0.0575. The van der Waals surface area contributed by atoms with Gasteiger partial charge in [-0.2, -0.15) is 0 Å². The van der Waals surface area contributed by atoms with Crippen LogP contribution < -0.4 is 14.8 Å². The van der Waals surface area contributed by atoms with Crippen molar-refractivity contribution in [3.8, 4) is 11.5 Å². The molecule has 0 unspecified atom stereocenters. The molecule has 0 aliphatic carbocycles. The summed E-state index contributed by atoms with van der Waals surface area (Å²) in [6, 6.07) is 11.2. The Hall–Kier alpha value is -1.53. The van der Waals surface area contributed by atoms with Crippen molar-refractivity contribution in [2.75, 3.05) is 19.5 Å². The molecule has 122 valence electrons. The second kappa shape index (κ2) is 8.36. The normalized spacial score (nSPS) is 10.3. The zero-order valence-electron chi connectivity index (χ0n) is 12.9. The number of rotatable bonds is 6. The lowest BCUT2D eigenvalue weighted by Crippen LogP contribution is -2.13. The first kappa shape index (κ1) is 17.8. The van der Waals surface area contributed by atoms with Crippen LogP contribution in [0.25, 0.3) is 0 Å². The summed E-state index contributed by atoms with van der Waals surface area (Å²) in [5.41, 5.74) is 1.69. The highest BCUT2D eigenvalue weighted by molar-refractivity contribution is 9.11. The highest BCUT2D eigenvalue weighted by Crippen LogP contribution is 2.27. The number of benzene rings is 2. The molecule has 0 aromatic heterocycles. The SMILES string of the molecule is COc1ccc(OC)c(CCC(=O)Nc2ccc(Br)cc2Br)c1. The van der Waals surface area contributed by atoms with Gasteiger partial charge in [-0.3, -0.25) is 4.79 Å². The number of anilines is 1. The van der Waals surface area contributed by atoms with Gasteiger partial charge in [0, 0.05) is 15.4 Å². The van der Waals surface area contributed by atoms with Crippen molar-refractivity contribution in [1.29, 1.82) is 0 Å². The Morgan fingerprint density at radius 1 is 1.09 bits per heavy atom. The van der Waals surface area contributed by atoms with Gasteiger partial charge in [-0.25, -0.2) is 0 Å². The molecule has 2 aromatic rings. The third kappa shape index (κ3) is 4.97. The van der Waals surface area contributed by atoms with E-state index in [1.807, 2.05) is 36.4 Å². The maximum atomic E-state index is 12.2.